The zero-order valence-electron chi connectivity index (χ0n) is 29.0. The number of carbonyl (C=O) groups excluding carboxylic acids is 2. The van der Waals surface area contributed by atoms with Crippen LogP contribution in [0.1, 0.15) is 74.3 Å². The molecule has 2 heterocycles. The first-order valence-corrected chi connectivity index (χ1v) is 18.9. The normalized spacial score (nSPS) is 18.0. The summed E-state index contributed by atoms with van der Waals surface area (Å²) in [4.78, 5) is 37.8. The number of anilines is 1. The van der Waals surface area contributed by atoms with Crippen molar-refractivity contribution in [3.05, 3.63) is 111 Å². The average molecular weight is 723 g/mol. The fraction of sp³-hybridized carbons (Fsp3) is 0.389. The Kier molecular flexibility index (Phi) is 10.8. The van der Waals surface area contributed by atoms with Crippen molar-refractivity contribution in [2.75, 3.05) is 31.2 Å². The van der Waals surface area contributed by atoms with Crippen LogP contribution in [0.15, 0.2) is 72.4 Å². The van der Waals surface area contributed by atoms with Gasteiger partial charge in [-0.1, -0.05) is 30.3 Å². The van der Waals surface area contributed by atoms with Gasteiger partial charge in [-0.05, 0) is 62.6 Å². The predicted molar refractivity (Wildman–Crippen MR) is 192 cm³/mol. The first-order chi connectivity index (χ1) is 23.5. The highest BCUT2D eigenvalue weighted by molar-refractivity contribution is 7.92. The highest BCUT2D eigenvalue weighted by Gasteiger charge is 2.60. The van der Waals surface area contributed by atoms with Crippen LogP contribution < -0.4 is 14.9 Å². The van der Waals surface area contributed by atoms with E-state index in [9.17, 15) is 27.5 Å². The molecule has 1 aliphatic carbocycles. The van der Waals surface area contributed by atoms with E-state index in [1.807, 2.05) is 42.6 Å². The van der Waals surface area contributed by atoms with Crippen molar-refractivity contribution < 1.29 is 27.5 Å². The number of aliphatic hydroxyl groups is 1. The van der Waals surface area contributed by atoms with Gasteiger partial charge in [0, 0.05) is 73.3 Å². The largest absolute Gasteiger partial charge is 0.389 e. The molecule has 2 amide bonds. The number of amides is 2. The molecule has 2 aromatic carbocycles. The number of hydrogen-bond donors (Lipinski definition) is 3. The molecule has 5 rings (SSSR count). The number of sulfonamides is 1. The molecule has 11 nitrogen and oxygen atoms in total. The molecule has 14 heteroatoms. The van der Waals surface area contributed by atoms with Crippen LogP contribution in [-0.4, -0.2) is 78.7 Å². The second kappa shape index (κ2) is 14.5. The summed E-state index contributed by atoms with van der Waals surface area (Å²) in [6.07, 6.45) is 3.56. The average Bonchev–Trinajstić information content (AvgIpc) is 3.66. The van der Waals surface area contributed by atoms with Crippen LogP contribution in [0.2, 0.25) is 0 Å². The molecule has 1 aliphatic rings. The van der Waals surface area contributed by atoms with Crippen molar-refractivity contribution >= 4 is 38.9 Å². The van der Waals surface area contributed by atoms with Crippen LogP contribution in [-0.2, 0) is 28.8 Å². The summed E-state index contributed by atoms with van der Waals surface area (Å²) in [5.74, 6) is -1.20. The lowest BCUT2D eigenvalue weighted by atomic mass is 9.99. The van der Waals surface area contributed by atoms with Gasteiger partial charge in [-0.3, -0.25) is 18.9 Å². The molecular formula is C36H43FN6O5S2. The number of rotatable bonds is 14. The number of benzene rings is 2. The summed E-state index contributed by atoms with van der Waals surface area (Å²) < 4.78 is 40.6. The van der Waals surface area contributed by atoms with Crippen LogP contribution in [0.5, 0.6) is 0 Å². The number of thiazole rings is 1. The van der Waals surface area contributed by atoms with Crippen LogP contribution in [0.4, 0.5) is 10.1 Å². The van der Waals surface area contributed by atoms with E-state index in [4.69, 9.17) is 0 Å². The number of nitrogens with one attached hydrogen (secondary N) is 2. The van der Waals surface area contributed by atoms with Crippen molar-refractivity contribution in [1.29, 1.82) is 0 Å². The van der Waals surface area contributed by atoms with Gasteiger partial charge in [-0.25, -0.2) is 17.8 Å². The van der Waals surface area contributed by atoms with Crippen LogP contribution >= 0.6 is 11.3 Å². The van der Waals surface area contributed by atoms with E-state index in [0.29, 0.717) is 18.5 Å². The Labute approximate surface area is 296 Å². The van der Waals surface area contributed by atoms with E-state index in [1.165, 1.54) is 61.5 Å². The number of aryl methyl sites for hydroxylation is 1. The first kappa shape index (κ1) is 37.0. The Morgan fingerprint density at radius 1 is 1.12 bits per heavy atom. The fourth-order valence-electron chi connectivity index (χ4n) is 5.91. The van der Waals surface area contributed by atoms with Gasteiger partial charge in [0.1, 0.15) is 10.7 Å². The molecule has 0 bridgehead atoms. The van der Waals surface area contributed by atoms with Crippen molar-refractivity contribution in [2.45, 2.75) is 63.5 Å². The van der Waals surface area contributed by atoms with Crippen molar-refractivity contribution in [3.8, 4) is 0 Å². The zero-order chi connectivity index (χ0) is 36.4. The topological polar surface area (TPSA) is 145 Å². The number of aromatic nitrogens is 2. The molecule has 3 N–H and O–H groups in total. The Morgan fingerprint density at radius 2 is 1.82 bits per heavy atom. The van der Waals surface area contributed by atoms with E-state index < -0.39 is 39.1 Å². The molecule has 0 spiro atoms. The maximum absolute atomic E-state index is 14.5. The Bertz CT molecular complexity index is 1970. The van der Waals surface area contributed by atoms with Crippen molar-refractivity contribution in [1.82, 2.24) is 25.5 Å². The van der Waals surface area contributed by atoms with Crippen LogP contribution in [0.3, 0.4) is 0 Å². The van der Waals surface area contributed by atoms with Gasteiger partial charge >= 0.3 is 0 Å². The predicted octanol–water partition coefficient (Wildman–Crippen LogP) is 4.53. The molecule has 1 fully saturated rings. The fourth-order valence-corrected chi connectivity index (χ4v) is 7.22. The highest BCUT2D eigenvalue weighted by atomic mass is 32.2. The molecule has 0 saturated heterocycles. The SMILES string of the molecule is Cc1csc(CN(C)C(=O)c2cc(C(=O)NC3([C@H](O)CNCc4cncc(C(C)(C)F)c4)C[C@H]3c3ccccc3)cc(N(C)S(C)(=O)=O)c2)n1. The van der Waals surface area contributed by atoms with Crippen molar-refractivity contribution in [2.24, 2.45) is 0 Å². The number of aliphatic hydroxyl groups excluding tert-OH is 1. The summed E-state index contributed by atoms with van der Waals surface area (Å²) in [5.41, 5.74) is 0.680. The molecule has 4 aromatic rings. The van der Waals surface area contributed by atoms with Gasteiger partial charge in [0.15, 0.2) is 0 Å². The molecule has 1 unspecified atom stereocenters. The molecule has 2 aromatic heterocycles. The smallest absolute Gasteiger partial charge is 0.254 e. The standard InChI is InChI=1S/C36H43FN6O5S2/c1-23-22-49-32(40-23)21-42(4)34(46)27-13-26(14-29(15-27)43(5)50(6,47)48)33(45)41-36(16-30(36)25-10-8-7-9-11-25)31(44)20-39-18-24-12-28(19-38-17-24)35(2,3)37/h7-15,17,19,22,30-31,39,44H,16,18,20-21H2,1-6H3,(H,41,45)/t30-,31+,36?/m0/s1. The maximum Gasteiger partial charge on any atom is 0.254 e. The molecular weight excluding hydrogens is 680 g/mol. The highest BCUT2D eigenvalue weighted by Crippen LogP contribution is 2.53. The summed E-state index contributed by atoms with van der Waals surface area (Å²) in [6, 6.07) is 15.6. The summed E-state index contributed by atoms with van der Waals surface area (Å²) in [6.45, 7) is 5.44. The summed E-state index contributed by atoms with van der Waals surface area (Å²) in [7, 11) is -0.770. The second-order valence-corrected chi connectivity index (χ2v) is 16.4. The number of halogens is 1. The number of carbonyl (C=O) groups is 2. The maximum atomic E-state index is 14.5. The molecule has 50 heavy (non-hydrogen) atoms. The van der Waals surface area contributed by atoms with Gasteiger partial charge in [0.25, 0.3) is 11.8 Å². The Hall–Kier alpha value is -4.24. The minimum Gasteiger partial charge on any atom is -0.389 e. The van der Waals surface area contributed by atoms with Gasteiger partial charge in [-0.2, -0.15) is 0 Å². The zero-order valence-corrected chi connectivity index (χ0v) is 30.6. The lowest BCUT2D eigenvalue weighted by molar-refractivity contribution is 0.0779. The van der Waals surface area contributed by atoms with E-state index in [1.54, 1.807) is 19.3 Å². The molecule has 0 aliphatic heterocycles. The number of hydrogen-bond acceptors (Lipinski definition) is 9. The van der Waals surface area contributed by atoms with E-state index >= 15 is 0 Å². The van der Waals surface area contributed by atoms with E-state index in [2.05, 4.69) is 20.6 Å². The lowest BCUT2D eigenvalue weighted by Crippen LogP contribution is -2.51. The van der Waals surface area contributed by atoms with Gasteiger partial charge in [0.2, 0.25) is 10.0 Å². The van der Waals surface area contributed by atoms with Gasteiger partial charge in [0.05, 0.1) is 30.1 Å². The first-order valence-electron chi connectivity index (χ1n) is 16.1. The quantitative estimate of drug-likeness (QED) is 0.172. The molecule has 0 radical (unpaired) electrons. The van der Waals surface area contributed by atoms with Crippen molar-refractivity contribution in [3.63, 3.8) is 0 Å². The van der Waals surface area contributed by atoms with Crippen LogP contribution in [0.25, 0.3) is 0 Å². The second-order valence-electron chi connectivity index (χ2n) is 13.4. The number of pyridine rings is 1. The van der Waals surface area contributed by atoms with E-state index in [0.717, 1.165) is 32.4 Å². The summed E-state index contributed by atoms with van der Waals surface area (Å²) in [5, 5.41) is 20.5. The minimum atomic E-state index is -3.74. The third kappa shape index (κ3) is 8.55. The van der Waals surface area contributed by atoms with Gasteiger partial charge in [-0.15, -0.1) is 11.3 Å². The van der Waals surface area contributed by atoms with Crippen LogP contribution in [0, 0.1) is 6.92 Å². The minimum absolute atomic E-state index is 0.0646. The van der Waals surface area contributed by atoms with E-state index in [-0.39, 0.29) is 35.8 Å². The molecule has 3 atom stereocenters. The Balaban J connectivity index is 1.41. The third-order valence-corrected chi connectivity index (χ3v) is 11.1. The van der Waals surface area contributed by atoms with Gasteiger partial charge < -0.3 is 20.6 Å². The number of nitrogens with zero attached hydrogens (tertiary/aromatic N) is 4. The lowest BCUT2D eigenvalue weighted by Gasteiger charge is -2.27. The third-order valence-electron chi connectivity index (χ3n) is 8.97. The molecule has 266 valence electrons. The Morgan fingerprint density at radius 3 is 2.46 bits per heavy atom. The monoisotopic (exact) mass is 722 g/mol. The number of alkyl halides is 1. The molecule has 1 saturated carbocycles. The summed E-state index contributed by atoms with van der Waals surface area (Å²) >= 11 is 1.43.